The highest BCUT2D eigenvalue weighted by Crippen LogP contribution is 2.21. The van der Waals surface area contributed by atoms with Crippen LogP contribution in [-0.4, -0.2) is 13.0 Å². The summed E-state index contributed by atoms with van der Waals surface area (Å²) in [5.74, 6) is 0.347. The summed E-state index contributed by atoms with van der Waals surface area (Å²) >= 11 is 2.21. The van der Waals surface area contributed by atoms with Crippen molar-refractivity contribution in [3.63, 3.8) is 0 Å². The normalized spacial score (nSPS) is 10.0. The molecular formula is C14H13IN2O2. The lowest BCUT2D eigenvalue weighted by Gasteiger charge is -2.09. The van der Waals surface area contributed by atoms with Crippen LogP contribution in [0.2, 0.25) is 0 Å². The number of benzene rings is 2. The van der Waals surface area contributed by atoms with Crippen LogP contribution in [0.1, 0.15) is 10.4 Å². The van der Waals surface area contributed by atoms with Crippen LogP contribution in [0.25, 0.3) is 0 Å². The second kappa shape index (κ2) is 5.92. The average molecular weight is 368 g/mol. The molecule has 4 nitrogen and oxygen atoms in total. The number of halogens is 1. The molecule has 98 valence electrons. The Morgan fingerprint density at radius 2 is 1.89 bits per heavy atom. The van der Waals surface area contributed by atoms with E-state index in [-0.39, 0.29) is 5.91 Å². The molecule has 0 aromatic heterocycles. The third-order valence-electron chi connectivity index (χ3n) is 2.61. The molecule has 5 heteroatoms. The van der Waals surface area contributed by atoms with Crippen LogP contribution in [0.15, 0.2) is 42.5 Å². The maximum atomic E-state index is 12.1. The molecule has 3 N–H and O–H groups in total. The van der Waals surface area contributed by atoms with Gasteiger partial charge in [0.25, 0.3) is 5.91 Å². The van der Waals surface area contributed by atoms with Crippen LogP contribution in [-0.2, 0) is 0 Å². The summed E-state index contributed by atoms with van der Waals surface area (Å²) in [6.45, 7) is 0. The van der Waals surface area contributed by atoms with Crippen molar-refractivity contribution in [2.45, 2.75) is 0 Å². The summed E-state index contributed by atoms with van der Waals surface area (Å²) in [5, 5.41) is 2.80. The maximum Gasteiger partial charge on any atom is 0.257 e. The number of anilines is 2. The SMILES string of the molecule is COc1ccc(N)c(C(=O)Nc2ccc(I)cc2)c1. The maximum absolute atomic E-state index is 12.1. The van der Waals surface area contributed by atoms with Crippen LogP contribution in [0, 0.1) is 3.57 Å². The molecule has 0 atom stereocenters. The molecule has 0 aliphatic rings. The predicted octanol–water partition coefficient (Wildman–Crippen LogP) is 3.13. The van der Waals surface area contributed by atoms with Crippen molar-refractivity contribution in [1.82, 2.24) is 0 Å². The van der Waals surface area contributed by atoms with Crippen LogP contribution in [0.4, 0.5) is 11.4 Å². The van der Waals surface area contributed by atoms with Crippen molar-refractivity contribution in [3.05, 3.63) is 51.6 Å². The Morgan fingerprint density at radius 1 is 1.21 bits per heavy atom. The zero-order valence-corrected chi connectivity index (χ0v) is 12.5. The van der Waals surface area contributed by atoms with Gasteiger partial charge in [-0.3, -0.25) is 4.79 Å². The van der Waals surface area contributed by atoms with Gasteiger partial charge in [-0.25, -0.2) is 0 Å². The molecule has 0 aliphatic heterocycles. The van der Waals surface area contributed by atoms with E-state index >= 15 is 0 Å². The molecule has 19 heavy (non-hydrogen) atoms. The Kier molecular flexibility index (Phi) is 4.26. The van der Waals surface area contributed by atoms with Gasteiger partial charge in [-0.2, -0.15) is 0 Å². The lowest BCUT2D eigenvalue weighted by Crippen LogP contribution is -2.14. The van der Waals surface area contributed by atoms with Crippen molar-refractivity contribution in [1.29, 1.82) is 0 Å². The van der Waals surface area contributed by atoms with E-state index in [9.17, 15) is 4.79 Å². The first kappa shape index (κ1) is 13.7. The Balaban J connectivity index is 2.22. The monoisotopic (exact) mass is 368 g/mol. The van der Waals surface area contributed by atoms with E-state index in [1.165, 1.54) is 0 Å². The second-order valence-electron chi connectivity index (χ2n) is 3.91. The zero-order valence-electron chi connectivity index (χ0n) is 10.3. The van der Waals surface area contributed by atoms with Crippen molar-refractivity contribution in [2.24, 2.45) is 0 Å². The smallest absolute Gasteiger partial charge is 0.257 e. The minimum absolute atomic E-state index is 0.252. The van der Waals surface area contributed by atoms with E-state index in [1.807, 2.05) is 24.3 Å². The Labute approximate surface area is 125 Å². The number of ether oxygens (including phenoxy) is 1. The highest BCUT2D eigenvalue weighted by atomic mass is 127. The quantitative estimate of drug-likeness (QED) is 0.646. The Hall–Kier alpha value is -1.76. The summed E-state index contributed by atoms with van der Waals surface area (Å²) in [6, 6.07) is 12.5. The van der Waals surface area contributed by atoms with Gasteiger partial charge in [-0.15, -0.1) is 0 Å². The minimum atomic E-state index is -0.252. The molecular weight excluding hydrogens is 355 g/mol. The number of carbonyl (C=O) groups is 1. The van der Waals surface area contributed by atoms with Gasteiger partial charge < -0.3 is 15.8 Å². The first-order chi connectivity index (χ1) is 9.10. The number of nitrogens with one attached hydrogen (secondary N) is 1. The lowest BCUT2D eigenvalue weighted by molar-refractivity contribution is 0.102. The summed E-state index contributed by atoms with van der Waals surface area (Å²) in [4.78, 5) is 12.1. The number of hydrogen-bond acceptors (Lipinski definition) is 3. The highest BCUT2D eigenvalue weighted by molar-refractivity contribution is 14.1. The van der Waals surface area contributed by atoms with Gasteiger partial charge >= 0.3 is 0 Å². The van der Waals surface area contributed by atoms with Crippen molar-refractivity contribution < 1.29 is 9.53 Å². The summed E-state index contributed by atoms with van der Waals surface area (Å²) in [7, 11) is 1.55. The van der Waals surface area contributed by atoms with Gasteiger partial charge in [-0.05, 0) is 65.1 Å². The predicted molar refractivity (Wildman–Crippen MR) is 84.5 cm³/mol. The van der Waals surface area contributed by atoms with E-state index in [0.29, 0.717) is 17.0 Å². The molecule has 0 aliphatic carbocycles. The summed E-state index contributed by atoms with van der Waals surface area (Å²) in [5.41, 5.74) is 7.36. The molecule has 0 saturated heterocycles. The summed E-state index contributed by atoms with van der Waals surface area (Å²) in [6.07, 6.45) is 0. The van der Waals surface area contributed by atoms with E-state index in [1.54, 1.807) is 25.3 Å². The molecule has 0 radical (unpaired) electrons. The molecule has 2 aromatic rings. The van der Waals surface area contributed by atoms with Gasteiger partial charge in [0.2, 0.25) is 0 Å². The molecule has 0 spiro atoms. The Bertz CT molecular complexity index is 597. The van der Waals surface area contributed by atoms with Gasteiger partial charge in [0.05, 0.1) is 12.7 Å². The first-order valence-corrected chi connectivity index (χ1v) is 6.68. The molecule has 2 aromatic carbocycles. The van der Waals surface area contributed by atoms with Crippen molar-refractivity contribution in [3.8, 4) is 5.75 Å². The van der Waals surface area contributed by atoms with Gasteiger partial charge in [0.1, 0.15) is 5.75 Å². The molecule has 0 saturated carbocycles. The fraction of sp³-hybridized carbons (Fsp3) is 0.0714. The fourth-order valence-electron chi connectivity index (χ4n) is 1.59. The van der Waals surface area contributed by atoms with E-state index < -0.39 is 0 Å². The van der Waals surface area contributed by atoms with E-state index in [0.717, 1.165) is 9.26 Å². The van der Waals surface area contributed by atoms with Crippen LogP contribution >= 0.6 is 22.6 Å². The number of nitrogens with two attached hydrogens (primary N) is 1. The molecule has 0 bridgehead atoms. The largest absolute Gasteiger partial charge is 0.497 e. The van der Waals surface area contributed by atoms with Crippen LogP contribution in [0.3, 0.4) is 0 Å². The number of rotatable bonds is 3. The first-order valence-electron chi connectivity index (χ1n) is 5.60. The van der Waals surface area contributed by atoms with Crippen LogP contribution < -0.4 is 15.8 Å². The molecule has 1 amide bonds. The fourth-order valence-corrected chi connectivity index (χ4v) is 1.95. The van der Waals surface area contributed by atoms with Crippen LogP contribution in [0.5, 0.6) is 5.75 Å². The van der Waals surface area contributed by atoms with E-state index in [2.05, 4.69) is 27.9 Å². The second-order valence-corrected chi connectivity index (χ2v) is 5.16. The number of nitrogen functional groups attached to an aromatic ring is 1. The third-order valence-corrected chi connectivity index (χ3v) is 3.33. The highest BCUT2D eigenvalue weighted by Gasteiger charge is 2.11. The number of carbonyl (C=O) groups excluding carboxylic acids is 1. The van der Waals surface area contributed by atoms with E-state index in [4.69, 9.17) is 10.5 Å². The van der Waals surface area contributed by atoms with Crippen molar-refractivity contribution >= 4 is 39.9 Å². The van der Waals surface area contributed by atoms with Gasteiger partial charge in [0, 0.05) is 14.9 Å². The molecule has 0 unspecified atom stereocenters. The Morgan fingerprint density at radius 3 is 2.53 bits per heavy atom. The number of hydrogen-bond donors (Lipinski definition) is 2. The minimum Gasteiger partial charge on any atom is -0.497 e. The summed E-state index contributed by atoms with van der Waals surface area (Å²) < 4.78 is 6.20. The van der Waals surface area contributed by atoms with Gasteiger partial charge in [0.15, 0.2) is 0 Å². The molecule has 0 fully saturated rings. The zero-order chi connectivity index (χ0) is 13.8. The van der Waals surface area contributed by atoms with Gasteiger partial charge in [-0.1, -0.05) is 0 Å². The lowest BCUT2D eigenvalue weighted by atomic mass is 10.1. The standard InChI is InChI=1S/C14H13IN2O2/c1-19-11-6-7-13(16)12(8-11)14(18)17-10-4-2-9(15)3-5-10/h2-8H,16H2,1H3,(H,17,18). The molecule has 2 rings (SSSR count). The topological polar surface area (TPSA) is 64.3 Å². The number of amides is 1. The van der Waals surface area contributed by atoms with Crippen molar-refractivity contribution in [2.75, 3.05) is 18.2 Å². The third kappa shape index (κ3) is 3.37. The average Bonchev–Trinajstić information content (AvgIpc) is 2.42. The number of methoxy groups -OCH3 is 1. The molecule has 0 heterocycles.